The molecule has 0 aliphatic heterocycles. The van der Waals surface area contributed by atoms with Gasteiger partial charge in [-0.1, -0.05) is 0 Å². The number of benzene rings is 1. The van der Waals surface area contributed by atoms with Crippen molar-refractivity contribution in [2.24, 2.45) is 0 Å². The molecule has 0 radical (unpaired) electrons. The first-order chi connectivity index (χ1) is 11.1. The summed E-state index contributed by atoms with van der Waals surface area (Å²) in [5.41, 5.74) is 1.74. The Balaban J connectivity index is 1.78. The van der Waals surface area contributed by atoms with Crippen molar-refractivity contribution in [1.82, 2.24) is 0 Å². The van der Waals surface area contributed by atoms with Gasteiger partial charge in [-0.25, -0.2) is 4.79 Å². The van der Waals surface area contributed by atoms with Crippen molar-refractivity contribution in [1.29, 1.82) is 0 Å². The largest absolute Gasteiger partial charge is 0.465 e. The Morgan fingerprint density at radius 1 is 1.13 bits per heavy atom. The van der Waals surface area contributed by atoms with E-state index in [0.29, 0.717) is 11.3 Å². The average molecular weight is 333 g/mol. The molecule has 1 N–H and O–H groups in total. The van der Waals surface area contributed by atoms with E-state index < -0.39 is 17.8 Å². The summed E-state index contributed by atoms with van der Waals surface area (Å²) in [6.45, 7) is -0.359. The molecule has 1 amide bonds. The maximum atomic E-state index is 11.7. The van der Waals surface area contributed by atoms with E-state index in [2.05, 4.69) is 10.1 Å². The molecule has 1 aromatic heterocycles. The molecule has 0 atom stereocenters. The van der Waals surface area contributed by atoms with Crippen molar-refractivity contribution in [3.8, 4) is 0 Å². The molecule has 1 heterocycles. The Morgan fingerprint density at radius 3 is 2.48 bits per heavy atom. The van der Waals surface area contributed by atoms with Crippen molar-refractivity contribution < 1.29 is 23.9 Å². The zero-order valence-electron chi connectivity index (χ0n) is 12.4. The zero-order chi connectivity index (χ0) is 16.7. The van der Waals surface area contributed by atoms with E-state index in [9.17, 15) is 14.4 Å². The number of hydrogen-bond acceptors (Lipinski definition) is 6. The second-order valence-corrected chi connectivity index (χ2v) is 5.37. The predicted molar refractivity (Wildman–Crippen MR) is 85.4 cm³/mol. The standard InChI is InChI=1S/C16H15NO5S/c1-21-16(20)12-2-4-13(5-3-12)17-14(18)9-22-15(19)8-11-6-7-23-10-11/h2-7,10H,8-9H2,1H3,(H,17,18). The number of hydrogen-bond donors (Lipinski definition) is 1. The molecule has 2 aromatic rings. The van der Waals surface area contributed by atoms with Crippen LogP contribution in [-0.2, 0) is 25.5 Å². The highest BCUT2D eigenvalue weighted by Crippen LogP contribution is 2.10. The molecule has 6 nitrogen and oxygen atoms in total. The Morgan fingerprint density at radius 2 is 1.87 bits per heavy atom. The van der Waals surface area contributed by atoms with Crippen LogP contribution in [0.2, 0.25) is 0 Å². The van der Waals surface area contributed by atoms with Gasteiger partial charge in [0.05, 0.1) is 19.1 Å². The third-order valence-electron chi connectivity index (χ3n) is 2.88. The molecule has 0 unspecified atom stereocenters. The second-order valence-electron chi connectivity index (χ2n) is 4.59. The summed E-state index contributed by atoms with van der Waals surface area (Å²) in [7, 11) is 1.29. The Hall–Kier alpha value is -2.67. The van der Waals surface area contributed by atoms with E-state index in [1.165, 1.54) is 30.6 Å². The lowest BCUT2D eigenvalue weighted by Crippen LogP contribution is -2.21. The average Bonchev–Trinajstić information content (AvgIpc) is 3.06. The number of esters is 2. The number of methoxy groups -OCH3 is 1. The molecule has 0 fully saturated rings. The van der Waals surface area contributed by atoms with Gasteiger partial charge in [-0.2, -0.15) is 11.3 Å². The Labute approximate surface area is 137 Å². The number of rotatable bonds is 6. The van der Waals surface area contributed by atoms with Crippen LogP contribution >= 0.6 is 11.3 Å². The van der Waals surface area contributed by atoms with Gasteiger partial charge in [0.25, 0.3) is 5.91 Å². The van der Waals surface area contributed by atoms with Crippen LogP contribution in [0, 0.1) is 0 Å². The molecule has 7 heteroatoms. The van der Waals surface area contributed by atoms with Crippen molar-refractivity contribution in [2.75, 3.05) is 19.0 Å². The van der Waals surface area contributed by atoms with Crippen molar-refractivity contribution in [3.05, 3.63) is 52.2 Å². The lowest BCUT2D eigenvalue weighted by Gasteiger charge is -2.07. The van der Waals surface area contributed by atoms with Gasteiger partial charge in [-0.05, 0) is 46.7 Å². The molecule has 0 aliphatic carbocycles. The van der Waals surface area contributed by atoms with Crippen LogP contribution in [0.25, 0.3) is 0 Å². The second kappa shape index (κ2) is 8.09. The SMILES string of the molecule is COC(=O)c1ccc(NC(=O)COC(=O)Cc2ccsc2)cc1. The molecule has 0 saturated heterocycles. The van der Waals surface area contributed by atoms with E-state index in [0.717, 1.165) is 5.56 Å². The third kappa shape index (κ3) is 5.23. The number of anilines is 1. The summed E-state index contributed by atoms with van der Waals surface area (Å²) in [5, 5.41) is 6.29. The summed E-state index contributed by atoms with van der Waals surface area (Å²) in [6.07, 6.45) is 0.143. The minimum absolute atomic E-state index is 0.143. The summed E-state index contributed by atoms with van der Waals surface area (Å²) >= 11 is 1.49. The molecule has 2 rings (SSSR count). The number of thiophene rings is 1. The van der Waals surface area contributed by atoms with Crippen LogP contribution in [0.15, 0.2) is 41.1 Å². The minimum Gasteiger partial charge on any atom is -0.465 e. The lowest BCUT2D eigenvalue weighted by molar-refractivity contribution is -0.146. The summed E-state index contributed by atoms with van der Waals surface area (Å²) < 4.78 is 9.49. The summed E-state index contributed by atoms with van der Waals surface area (Å²) in [6, 6.07) is 8.03. The zero-order valence-corrected chi connectivity index (χ0v) is 13.2. The van der Waals surface area contributed by atoms with Gasteiger partial charge in [-0.3, -0.25) is 9.59 Å². The quantitative estimate of drug-likeness (QED) is 0.820. The van der Waals surface area contributed by atoms with E-state index in [1.807, 2.05) is 16.8 Å². The van der Waals surface area contributed by atoms with E-state index in [4.69, 9.17) is 4.74 Å². The fourth-order valence-corrected chi connectivity index (χ4v) is 2.43. The van der Waals surface area contributed by atoms with Crippen molar-refractivity contribution in [3.63, 3.8) is 0 Å². The van der Waals surface area contributed by atoms with Crippen LogP contribution in [0.1, 0.15) is 15.9 Å². The Kier molecular flexibility index (Phi) is 5.87. The lowest BCUT2D eigenvalue weighted by atomic mass is 10.2. The fourth-order valence-electron chi connectivity index (χ4n) is 1.76. The molecule has 120 valence electrons. The van der Waals surface area contributed by atoms with Crippen LogP contribution in [-0.4, -0.2) is 31.6 Å². The molecular formula is C16H15NO5S. The smallest absolute Gasteiger partial charge is 0.337 e. The molecule has 0 bridgehead atoms. The highest BCUT2D eigenvalue weighted by Gasteiger charge is 2.10. The number of nitrogens with one attached hydrogen (secondary N) is 1. The van der Waals surface area contributed by atoms with Crippen LogP contribution < -0.4 is 5.32 Å². The number of carbonyl (C=O) groups is 3. The first-order valence-electron chi connectivity index (χ1n) is 6.73. The van der Waals surface area contributed by atoms with Gasteiger partial charge in [0.1, 0.15) is 0 Å². The monoisotopic (exact) mass is 333 g/mol. The number of carbonyl (C=O) groups excluding carboxylic acids is 3. The van der Waals surface area contributed by atoms with Gasteiger partial charge < -0.3 is 14.8 Å². The predicted octanol–water partition coefficient (Wildman–Crippen LogP) is 2.26. The fraction of sp³-hybridized carbons (Fsp3) is 0.188. The molecule has 0 aliphatic rings. The number of amides is 1. The first-order valence-corrected chi connectivity index (χ1v) is 7.67. The van der Waals surface area contributed by atoms with Gasteiger partial charge in [-0.15, -0.1) is 0 Å². The Bertz CT molecular complexity index is 679. The van der Waals surface area contributed by atoms with Gasteiger partial charge in [0, 0.05) is 5.69 Å². The van der Waals surface area contributed by atoms with Crippen LogP contribution in [0.4, 0.5) is 5.69 Å². The molecular weight excluding hydrogens is 318 g/mol. The van der Waals surface area contributed by atoms with Gasteiger partial charge in [0.2, 0.25) is 0 Å². The topological polar surface area (TPSA) is 81.7 Å². The van der Waals surface area contributed by atoms with Crippen LogP contribution in [0.3, 0.4) is 0 Å². The molecule has 1 aromatic carbocycles. The normalized spacial score (nSPS) is 9.96. The van der Waals surface area contributed by atoms with E-state index in [1.54, 1.807) is 12.1 Å². The van der Waals surface area contributed by atoms with Gasteiger partial charge >= 0.3 is 11.9 Å². The minimum atomic E-state index is -0.459. The van der Waals surface area contributed by atoms with Gasteiger partial charge in [0.15, 0.2) is 6.61 Å². The highest BCUT2D eigenvalue weighted by atomic mass is 32.1. The summed E-state index contributed by atoms with van der Waals surface area (Å²) in [4.78, 5) is 34.6. The summed E-state index contributed by atoms with van der Waals surface area (Å²) in [5.74, 6) is -1.36. The highest BCUT2D eigenvalue weighted by molar-refractivity contribution is 7.07. The maximum Gasteiger partial charge on any atom is 0.337 e. The maximum absolute atomic E-state index is 11.7. The molecule has 0 spiro atoms. The van der Waals surface area contributed by atoms with E-state index in [-0.39, 0.29) is 13.0 Å². The molecule has 23 heavy (non-hydrogen) atoms. The first kappa shape index (κ1) is 16.7. The number of ether oxygens (including phenoxy) is 2. The van der Waals surface area contributed by atoms with Crippen LogP contribution in [0.5, 0.6) is 0 Å². The van der Waals surface area contributed by atoms with Crippen molar-refractivity contribution >= 4 is 34.9 Å². The molecule has 0 saturated carbocycles. The van der Waals surface area contributed by atoms with E-state index >= 15 is 0 Å². The van der Waals surface area contributed by atoms with Crippen molar-refractivity contribution in [2.45, 2.75) is 6.42 Å². The third-order valence-corrected chi connectivity index (χ3v) is 3.61.